The molecular formula is C28H30FN3O4. The van der Waals surface area contributed by atoms with E-state index in [2.05, 4.69) is 5.16 Å². The molecule has 2 aromatic carbocycles. The molecule has 0 aliphatic rings. The van der Waals surface area contributed by atoms with Gasteiger partial charge in [-0.05, 0) is 70.0 Å². The molecule has 0 bridgehead atoms. The molecule has 0 unspecified atom stereocenters. The Labute approximate surface area is 208 Å². The van der Waals surface area contributed by atoms with Crippen LogP contribution in [0.25, 0.3) is 27.8 Å². The lowest BCUT2D eigenvalue weighted by molar-refractivity contribution is -0.154. The molecule has 4 aromatic rings. The number of aryl methyl sites for hydroxylation is 2. The van der Waals surface area contributed by atoms with Crippen molar-refractivity contribution in [1.82, 2.24) is 14.7 Å². The summed E-state index contributed by atoms with van der Waals surface area (Å²) in [4.78, 5) is 30.4. The Bertz CT molecular complexity index is 1430. The first-order valence-electron chi connectivity index (χ1n) is 12.1. The summed E-state index contributed by atoms with van der Waals surface area (Å²) in [5.41, 5.74) is 1.78. The number of fused-ring (bicyclic) bond motifs is 1. The zero-order valence-corrected chi connectivity index (χ0v) is 21.0. The van der Waals surface area contributed by atoms with Crippen LogP contribution < -0.4 is 5.56 Å². The second-order valence-corrected chi connectivity index (χ2v) is 9.70. The van der Waals surface area contributed by atoms with Gasteiger partial charge in [0.15, 0.2) is 0 Å². The minimum absolute atomic E-state index is 0.241. The van der Waals surface area contributed by atoms with Crippen LogP contribution in [0.4, 0.5) is 4.39 Å². The number of ether oxygens (including phenoxy) is 1. The summed E-state index contributed by atoms with van der Waals surface area (Å²) >= 11 is 0. The highest BCUT2D eigenvalue weighted by Crippen LogP contribution is 2.24. The average Bonchev–Trinajstić information content (AvgIpc) is 3.31. The van der Waals surface area contributed by atoms with E-state index in [0.717, 1.165) is 17.7 Å². The van der Waals surface area contributed by atoms with Crippen LogP contribution in [0.1, 0.15) is 58.5 Å². The zero-order valence-electron chi connectivity index (χ0n) is 21.0. The number of hydrogen-bond acceptors (Lipinski definition) is 6. The van der Waals surface area contributed by atoms with E-state index in [0.29, 0.717) is 47.4 Å². The van der Waals surface area contributed by atoms with Gasteiger partial charge in [-0.3, -0.25) is 14.2 Å². The van der Waals surface area contributed by atoms with Gasteiger partial charge in [-0.1, -0.05) is 18.1 Å². The number of rotatable bonds is 8. The molecule has 0 saturated carbocycles. The van der Waals surface area contributed by atoms with E-state index in [-0.39, 0.29) is 23.8 Å². The van der Waals surface area contributed by atoms with E-state index in [1.807, 2.05) is 45.9 Å². The third-order valence-corrected chi connectivity index (χ3v) is 5.68. The molecule has 4 rings (SSSR count). The normalized spacial score (nSPS) is 11.7. The third-order valence-electron chi connectivity index (χ3n) is 5.68. The molecule has 188 valence electrons. The first-order valence-corrected chi connectivity index (χ1v) is 12.1. The summed E-state index contributed by atoms with van der Waals surface area (Å²) in [6, 6.07) is 13.0. The molecule has 8 heteroatoms. The monoisotopic (exact) mass is 491 g/mol. The lowest BCUT2D eigenvalue weighted by Crippen LogP contribution is -2.24. The van der Waals surface area contributed by atoms with Gasteiger partial charge in [0, 0.05) is 30.9 Å². The van der Waals surface area contributed by atoms with Gasteiger partial charge in [0.05, 0.1) is 16.6 Å². The van der Waals surface area contributed by atoms with Gasteiger partial charge in [-0.15, -0.1) is 0 Å². The van der Waals surface area contributed by atoms with Crippen molar-refractivity contribution in [2.45, 2.75) is 65.4 Å². The first kappa shape index (κ1) is 25.3. The minimum atomic E-state index is -0.528. The highest BCUT2D eigenvalue weighted by Gasteiger charge is 2.17. The maximum Gasteiger partial charge on any atom is 0.306 e. The standard InChI is InChI=1S/C28H30FN3O4/c1-5-21-17-23(31-36-21)18-10-15-22-24(16-18)30-25(8-6-7-9-26(33)35-28(2,3)4)32(27(22)34)20-13-11-19(29)12-14-20/h10-17H,5-9H2,1-4H3. The van der Waals surface area contributed by atoms with Crippen LogP contribution in [0.3, 0.4) is 0 Å². The third kappa shape index (κ3) is 5.87. The number of benzene rings is 2. The smallest absolute Gasteiger partial charge is 0.306 e. The fourth-order valence-corrected chi connectivity index (χ4v) is 3.98. The quantitative estimate of drug-likeness (QED) is 0.229. The Hall–Kier alpha value is -3.81. The van der Waals surface area contributed by atoms with Gasteiger partial charge in [-0.25, -0.2) is 9.37 Å². The highest BCUT2D eigenvalue weighted by atomic mass is 19.1. The number of carbonyl (C=O) groups excluding carboxylic acids is 1. The summed E-state index contributed by atoms with van der Waals surface area (Å²) < 4.78 is 25.8. The maximum atomic E-state index is 13.6. The van der Waals surface area contributed by atoms with Crippen molar-refractivity contribution in [3.8, 4) is 16.9 Å². The van der Waals surface area contributed by atoms with Crippen molar-refractivity contribution < 1.29 is 18.4 Å². The van der Waals surface area contributed by atoms with Gasteiger partial charge in [0.1, 0.15) is 28.7 Å². The second-order valence-electron chi connectivity index (χ2n) is 9.70. The molecular weight excluding hydrogens is 461 g/mol. The Kier molecular flexibility index (Phi) is 7.33. The molecule has 0 aliphatic heterocycles. The van der Waals surface area contributed by atoms with E-state index >= 15 is 0 Å². The van der Waals surface area contributed by atoms with E-state index < -0.39 is 5.60 Å². The predicted molar refractivity (Wildman–Crippen MR) is 136 cm³/mol. The average molecular weight is 492 g/mol. The lowest BCUT2D eigenvalue weighted by atomic mass is 10.1. The van der Waals surface area contributed by atoms with Crippen LogP contribution in [0.15, 0.2) is 57.8 Å². The van der Waals surface area contributed by atoms with E-state index in [4.69, 9.17) is 14.2 Å². The molecule has 0 radical (unpaired) electrons. The Morgan fingerprint density at radius 2 is 1.83 bits per heavy atom. The highest BCUT2D eigenvalue weighted by molar-refractivity contribution is 5.83. The Balaban J connectivity index is 1.67. The minimum Gasteiger partial charge on any atom is -0.460 e. The van der Waals surface area contributed by atoms with Crippen LogP contribution in [-0.2, 0) is 22.4 Å². The number of nitrogens with zero attached hydrogens (tertiary/aromatic N) is 3. The summed E-state index contributed by atoms with van der Waals surface area (Å²) in [5, 5.41) is 4.56. The van der Waals surface area contributed by atoms with Crippen LogP contribution in [-0.4, -0.2) is 26.3 Å². The van der Waals surface area contributed by atoms with Crippen molar-refractivity contribution >= 4 is 16.9 Å². The van der Waals surface area contributed by atoms with Crippen molar-refractivity contribution in [3.63, 3.8) is 0 Å². The van der Waals surface area contributed by atoms with Gasteiger partial charge >= 0.3 is 5.97 Å². The van der Waals surface area contributed by atoms with Crippen LogP contribution >= 0.6 is 0 Å². The van der Waals surface area contributed by atoms with Crippen molar-refractivity contribution in [2.24, 2.45) is 0 Å². The van der Waals surface area contributed by atoms with E-state index in [1.165, 1.54) is 16.7 Å². The molecule has 0 spiro atoms. The molecule has 36 heavy (non-hydrogen) atoms. The van der Waals surface area contributed by atoms with Crippen molar-refractivity contribution in [2.75, 3.05) is 0 Å². The van der Waals surface area contributed by atoms with Crippen LogP contribution in [0.5, 0.6) is 0 Å². The molecule has 0 saturated heterocycles. The lowest BCUT2D eigenvalue weighted by Gasteiger charge is -2.19. The Morgan fingerprint density at radius 1 is 1.08 bits per heavy atom. The summed E-state index contributed by atoms with van der Waals surface area (Å²) in [7, 11) is 0. The number of esters is 1. The van der Waals surface area contributed by atoms with Crippen molar-refractivity contribution in [3.05, 3.63) is 76.3 Å². The number of hydrogen-bond donors (Lipinski definition) is 0. The largest absolute Gasteiger partial charge is 0.460 e. The van der Waals surface area contributed by atoms with E-state index in [1.54, 1.807) is 18.2 Å². The molecule has 0 N–H and O–H groups in total. The SMILES string of the molecule is CCc1cc(-c2ccc3c(=O)n(-c4ccc(F)cc4)c(CCCCC(=O)OC(C)(C)C)nc3c2)no1. The van der Waals surface area contributed by atoms with Gasteiger partial charge in [-0.2, -0.15) is 0 Å². The number of aromatic nitrogens is 3. The summed E-state index contributed by atoms with van der Waals surface area (Å²) in [6.07, 6.45) is 2.68. The summed E-state index contributed by atoms with van der Waals surface area (Å²) in [6.45, 7) is 7.49. The second kappa shape index (κ2) is 10.4. The van der Waals surface area contributed by atoms with Crippen LogP contribution in [0.2, 0.25) is 0 Å². The van der Waals surface area contributed by atoms with Crippen molar-refractivity contribution in [1.29, 1.82) is 0 Å². The molecule has 7 nitrogen and oxygen atoms in total. The first-order chi connectivity index (χ1) is 17.1. The molecule has 2 heterocycles. The molecule has 2 aromatic heterocycles. The topological polar surface area (TPSA) is 87.2 Å². The summed E-state index contributed by atoms with van der Waals surface area (Å²) in [5.74, 6) is 0.669. The number of unbranched alkanes of at least 4 members (excludes halogenated alkanes) is 1. The number of carbonyl (C=O) groups is 1. The maximum absolute atomic E-state index is 13.6. The molecule has 0 atom stereocenters. The number of halogens is 1. The fraction of sp³-hybridized carbons (Fsp3) is 0.357. The van der Waals surface area contributed by atoms with Gasteiger partial charge < -0.3 is 9.26 Å². The van der Waals surface area contributed by atoms with Gasteiger partial charge in [0.25, 0.3) is 5.56 Å². The zero-order chi connectivity index (χ0) is 25.9. The molecule has 0 amide bonds. The van der Waals surface area contributed by atoms with Crippen LogP contribution in [0, 0.1) is 5.82 Å². The Morgan fingerprint density at radius 3 is 2.50 bits per heavy atom. The molecule has 0 aliphatic carbocycles. The fourth-order valence-electron chi connectivity index (χ4n) is 3.98. The van der Waals surface area contributed by atoms with E-state index in [9.17, 15) is 14.0 Å². The molecule has 0 fully saturated rings. The predicted octanol–water partition coefficient (Wildman–Crippen LogP) is 5.80. The van der Waals surface area contributed by atoms with Gasteiger partial charge in [0.2, 0.25) is 0 Å².